The summed E-state index contributed by atoms with van der Waals surface area (Å²) in [7, 11) is 0. The first kappa shape index (κ1) is 24.0. The lowest BCUT2D eigenvalue weighted by atomic mass is 10.1. The van der Waals surface area contributed by atoms with Gasteiger partial charge in [-0.2, -0.15) is 0 Å². The van der Waals surface area contributed by atoms with Gasteiger partial charge in [-0.3, -0.25) is 0 Å². The molecule has 0 saturated carbocycles. The molecule has 0 aliphatic carbocycles. The van der Waals surface area contributed by atoms with Crippen LogP contribution in [-0.2, 0) is 20.8 Å². The molecule has 0 aliphatic heterocycles. The van der Waals surface area contributed by atoms with Gasteiger partial charge in [0.25, 0.3) is 0 Å². The molecule has 0 radical (unpaired) electrons. The first-order chi connectivity index (χ1) is 16.0. The zero-order valence-electron chi connectivity index (χ0n) is 19.0. The molecule has 2 aromatic carbocycles. The standard InChI is InChI=1S/C25H28N2O6/c1-4-30-22(25(28)29)15-18-11-13-20(14-12-18)31-16-21(27-32-5-2)23-17(3)33-24(26-23)19-9-7-6-8-10-19/h6-14,22H,4-5,15-16H2,1-3H3,(H,28,29). The normalized spacial score (nSPS) is 12.4. The second-order valence-corrected chi connectivity index (χ2v) is 7.16. The number of aliphatic carboxylic acids is 1. The van der Waals surface area contributed by atoms with E-state index in [0.29, 0.717) is 42.0 Å². The maximum atomic E-state index is 11.3. The van der Waals surface area contributed by atoms with Crippen molar-refractivity contribution in [3.63, 3.8) is 0 Å². The van der Waals surface area contributed by atoms with Crippen molar-refractivity contribution >= 4 is 11.7 Å². The Bertz CT molecular complexity index is 1060. The molecule has 0 bridgehead atoms. The van der Waals surface area contributed by atoms with Gasteiger partial charge in [0, 0.05) is 18.6 Å². The highest BCUT2D eigenvalue weighted by Gasteiger charge is 2.19. The maximum Gasteiger partial charge on any atom is 0.333 e. The van der Waals surface area contributed by atoms with Crippen LogP contribution in [0.2, 0.25) is 0 Å². The fourth-order valence-corrected chi connectivity index (χ4v) is 3.16. The van der Waals surface area contributed by atoms with Crippen molar-refractivity contribution in [1.29, 1.82) is 0 Å². The van der Waals surface area contributed by atoms with E-state index in [-0.39, 0.29) is 13.0 Å². The lowest BCUT2D eigenvalue weighted by Crippen LogP contribution is -2.26. The number of oxime groups is 1. The van der Waals surface area contributed by atoms with Crippen molar-refractivity contribution in [3.05, 3.63) is 71.6 Å². The van der Waals surface area contributed by atoms with Crippen LogP contribution in [0.3, 0.4) is 0 Å². The third kappa shape index (κ3) is 6.66. The van der Waals surface area contributed by atoms with Crippen LogP contribution in [0.5, 0.6) is 5.75 Å². The molecule has 3 aromatic rings. The van der Waals surface area contributed by atoms with Crippen molar-refractivity contribution in [2.24, 2.45) is 5.16 Å². The van der Waals surface area contributed by atoms with Crippen molar-refractivity contribution in [2.75, 3.05) is 19.8 Å². The fourth-order valence-electron chi connectivity index (χ4n) is 3.16. The molecule has 33 heavy (non-hydrogen) atoms. The van der Waals surface area contributed by atoms with Crippen LogP contribution in [0.25, 0.3) is 11.5 Å². The average molecular weight is 453 g/mol. The number of aromatic nitrogens is 1. The number of nitrogens with zero attached hydrogens (tertiary/aromatic N) is 2. The third-order valence-corrected chi connectivity index (χ3v) is 4.76. The van der Waals surface area contributed by atoms with Crippen LogP contribution < -0.4 is 4.74 Å². The molecule has 1 aromatic heterocycles. The molecule has 0 saturated heterocycles. The maximum absolute atomic E-state index is 11.3. The topological polar surface area (TPSA) is 103 Å². The van der Waals surface area contributed by atoms with Gasteiger partial charge in [-0.15, -0.1) is 0 Å². The Morgan fingerprint density at radius 2 is 1.82 bits per heavy atom. The SMILES string of the molecule is CCON=C(COc1ccc(CC(OCC)C(=O)O)cc1)c1nc(-c2ccccc2)oc1C. The molecule has 1 atom stereocenters. The quantitative estimate of drug-likeness (QED) is 0.319. The summed E-state index contributed by atoms with van der Waals surface area (Å²) in [6.07, 6.45) is -0.596. The number of hydrogen-bond acceptors (Lipinski definition) is 7. The third-order valence-electron chi connectivity index (χ3n) is 4.76. The Kier molecular flexibility index (Phi) is 8.60. The average Bonchev–Trinajstić information content (AvgIpc) is 3.22. The van der Waals surface area contributed by atoms with E-state index >= 15 is 0 Å². The summed E-state index contributed by atoms with van der Waals surface area (Å²) < 4.78 is 17.0. The summed E-state index contributed by atoms with van der Waals surface area (Å²) in [5.74, 6) is 0.739. The zero-order chi connectivity index (χ0) is 23.6. The minimum absolute atomic E-state index is 0.123. The van der Waals surface area contributed by atoms with Crippen LogP contribution in [0.1, 0.15) is 30.9 Å². The predicted molar refractivity (Wildman–Crippen MR) is 124 cm³/mol. The Morgan fingerprint density at radius 1 is 1.09 bits per heavy atom. The summed E-state index contributed by atoms with van der Waals surface area (Å²) in [5, 5.41) is 13.4. The summed E-state index contributed by atoms with van der Waals surface area (Å²) in [6.45, 7) is 6.31. The number of carbonyl (C=O) groups is 1. The van der Waals surface area contributed by atoms with Gasteiger partial charge in [0.2, 0.25) is 5.89 Å². The van der Waals surface area contributed by atoms with Gasteiger partial charge in [0.05, 0.1) is 0 Å². The van der Waals surface area contributed by atoms with Crippen molar-refractivity contribution in [2.45, 2.75) is 33.3 Å². The lowest BCUT2D eigenvalue weighted by molar-refractivity contribution is -0.149. The predicted octanol–water partition coefficient (Wildman–Crippen LogP) is 4.50. The number of ether oxygens (including phenoxy) is 2. The largest absolute Gasteiger partial charge is 0.487 e. The van der Waals surface area contributed by atoms with E-state index in [1.165, 1.54) is 0 Å². The molecule has 1 heterocycles. The van der Waals surface area contributed by atoms with Gasteiger partial charge in [0.1, 0.15) is 36.1 Å². The second kappa shape index (κ2) is 11.8. The summed E-state index contributed by atoms with van der Waals surface area (Å²) in [6, 6.07) is 16.8. The van der Waals surface area contributed by atoms with E-state index in [1.807, 2.05) is 56.3 Å². The van der Waals surface area contributed by atoms with Crippen LogP contribution in [0, 0.1) is 6.92 Å². The highest BCUT2D eigenvalue weighted by atomic mass is 16.6. The van der Waals surface area contributed by atoms with E-state index in [0.717, 1.165) is 11.1 Å². The molecule has 1 unspecified atom stereocenters. The first-order valence-electron chi connectivity index (χ1n) is 10.8. The summed E-state index contributed by atoms with van der Waals surface area (Å²) in [5.41, 5.74) is 2.78. The van der Waals surface area contributed by atoms with Gasteiger partial charge in [-0.1, -0.05) is 35.5 Å². The van der Waals surface area contributed by atoms with Gasteiger partial charge >= 0.3 is 5.97 Å². The smallest absolute Gasteiger partial charge is 0.333 e. The van der Waals surface area contributed by atoms with E-state index in [9.17, 15) is 9.90 Å². The molecule has 0 aliphatic rings. The highest BCUT2D eigenvalue weighted by molar-refractivity contribution is 6.00. The number of aryl methyl sites for hydroxylation is 1. The number of hydrogen-bond donors (Lipinski definition) is 1. The molecule has 174 valence electrons. The van der Waals surface area contributed by atoms with Gasteiger partial charge in [-0.05, 0) is 50.6 Å². The van der Waals surface area contributed by atoms with Crippen LogP contribution in [0.4, 0.5) is 0 Å². The molecule has 8 heteroatoms. The Labute approximate surface area is 192 Å². The van der Waals surface area contributed by atoms with Gasteiger partial charge < -0.3 is 23.8 Å². The molecule has 8 nitrogen and oxygen atoms in total. The monoisotopic (exact) mass is 452 g/mol. The fraction of sp³-hybridized carbons (Fsp3) is 0.320. The van der Waals surface area contributed by atoms with Crippen LogP contribution in [-0.4, -0.2) is 47.7 Å². The molecular weight excluding hydrogens is 424 g/mol. The highest BCUT2D eigenvalue weighted by Crippen LogP contribution is 2.22. The van der Waals surface area contributed by atoms with E-state index < -0.39 is 12.1 Å². The Balaban J connectivity index is 1.71. The molecule has 0 amide bonds. The lowest BCUT2D eigenvalue weighted by Gasteiger charge is -2.13. The second-order valence-electron chi connectivity index (χ2n) is 7.16. The molecular formula is C25H28N2O6. The first-order valence-corrected chi connectivity index (χ1v) is 10.8. The molecule has 0 fully saturated rings. The Hall–Kier alpha value is -3.65. The van der Waals surface area contributed by atoms with E-state index in [1.54, 1.807) is 19.1 Å². The Morgan fingerprint density at radius 3 is 2.45 bits per heavy atom. The molecule has 0 spiro atoms. The van der Waals surface area contributed by atoms with Crippen LogP contribution >= 0.6 is 0 Å². The number of carboxylic acid groups (broad SMARTS) is 1. The van der Waals surface area contributed by atoms with Gasteiger partial charge in [0.15, 0.2) is 6.10 Å². The number of benzene rings is 2. The van der Waals surface area contributed by atoms with Crippen LogP contribution in [0.15, 0.2) is 64.2 Å². The molecule has 1 N–H and O–H groups in total. The van der Waals surface area contributed by atoms with Crippen molar-refractivity contribution in [1.82, 2.24) is 4.98 Å². The molecule has 3 rings (SSSR count). The minimum Gasteiger partial charge on any atom is -0.487 e. The van der Waals surface area contributed by atoms with E-state index in [2.05, 4.69) is 10.1 Å². The number of oxazole rings is 1. The summed E-state index contributed by atoms with van der Waals surface area (Å²) in [4.78, 5) is 21.2. The summed E-state index contributed by atoms with van der Waals surface area (Å²) >= 11 is 0. The minimum atomic E-state index is -0.980. The van der Waals surface area contributed by atoms with Crippen molar-refractivity contribution in [3.8, 4) is 17.2 Å². The van der Waals surface area contributed by atoms with Crippen molar-refractivity contribution < 1.29 is 28.6 Å². The number of rotatable bonds is 12. The van der Waals surface area contributed by atoms with Gasteiger partial charge in [-0.25, -0.2) is 9.78 Å². The van der Waals surface area contributed by atoms with E-state index in [4.69, 9.17) is 18.7 Å². The number of carboxylic acids is 1. The zero-order valence-corrected chi connectivity index (χ0v) is 19.0.